The van der Waals surface area contributed by atoms with E-state index in [9.17, 15) is 0 Å². The highest BCUT2D eigenvalue weighted by Crippen LogP contribution is 2.66. The maximum atomic E-state index is 8.89. The van der Waals surface area contributed by atoms with Crippen LogP contribution in [0.4, 0.5) is 0 Å². The monoisotopic (exact) mass is 250 g/mol. The van der Waals surface area contributed by atoms with Gasteiger partial charge in [0.25, 0.3) is 0 Å². The maximum Gasteiger partial charge on any atom is 0.0972 e. The quantitative estimate of drug-likeness (QED) is 0.816. The fourth-order valence-corrected chi connectivity index (χ4v) is 3.98. The van der Waals surface area contributed by atoms with E-state index in [-0.39, 0.29) is 6.04 Å². The van der Waals surface area contributed by atoms with Gasteiger partial charge in [0.05, 0.1) is 18.2 Å². The Hall–Kier alpha value is -0.590. The Morgan fingerprint density at radius 1 is 1.44 bits per heavy atom. The summed E-state index contributed by atoms with van der Waals surface area (Å²) in [4.78, 5) is 0. The highest BCUT2D eigenvalue weighted by atomic mass is 16.5. The molecule has 2 aliphatic rings. The first-order chi connectivity index (χ1) is 8.45. The van der Waals surface area contributed by atoms with Crippen molar-refractivity contribution in [2.24, 2.45) is 16.7 Å². The maximum absolute atomic E-state index is 8.89. The molecule has 18 heavy (non-hydrogen) atoms. The van der Waals surface area contributed by atoms with Crippen LogP contribution in [0.2, 0.25) is 0 Å². The van der Waals surface area contributed by atoms with Gasteiger partial charge in [-0.3, -0.25) is 0 Å². The van der Waals surface area contributed by atoms with Crippen LogP contribution < -0.4 is 5.32 Å². The summed E-state index contributed by atoms with van der Waals surface area (Å²) < 4.78 is 6.12. The Morgan fingerprint density at radius 2 is 2.17 bits per heavy atom. The van der Waals surface area contributed by atoms with Crippen LogP contribution in [0.1, 0.15) is 46.5 Å². The number of nitriles is 1. The molecule has 3 heteroatoms. The molecule has 2 fully saturated rings. The van der Waals surface area contributed by atoms with Gasteiger partial charge in [0.2, 0.25) is 0 Å². The molecule has 0 saturated heterocycles. The molecule has 2 bridgehead atoms. The van der Waals surface area contributed by atoms with Crippen molar-refractivity contribution in [3.8, 4) is 6.07 Å². The Bertz CT molecular complexity index is 347. The summed E-state index contributed by atoms with van der Waals surface area (Å²) in [6.07, 6.45) is 5.04. The average molecular weight is 250 g/mol. The molecule has 1 N–H and O–H groups in total. The number of hydrogen-bond acceptors (Lipinski definition) is 3. The lowest BCUT2D eigenvalue weighted by Crippen LogP contribution is -2.38. The number of rotatable bonds is 5. The molecule has 4 unspecified atom stereocenters. The molecule has 102 valence electrons. The van der Waals surface area contributed by atoms with Gasteiger partial charge in [0.15, 0.2) is 0 Å². The van der Waals surface area contributed by atoms with Crippen molar-refractivity contribution in [2.45, 2.75) is 58.6 Å². The van der Waals surface area contributed by atoms with Crippen LogP contribution in [0, 0.1) is 28.1 Å². The number of nitrogens with one attached hydrogen (secondary N) is 1. The zero-order valence-electron chi connectivity index (χ0n) is 12.1. The lowest BCUT2D eigenvalue weighted by Gasteiger charge is -2.39. The molecule has 0 spiro atoms. The lowest BCUT2D eigenvalue weighted by atomic mass is 9.70. The second kappa shape index (κ2) is 4.83. The van der Waals surface area contributed by atoms with Crippen molar-refractivity contribution in [2.75, 3.05) is 13.7 Å². The van der Waals surface area contributed by atoms with Crippen molar-refractivity contribution in [1.29, 1.82) is 5.26 Å². The number of fused-ring (bicyclic) bond motifs is 2. The Labute approximate surface area is 111 Å². The summed E-state index contributed by atoms with van der Waals surface area (Å²) >= 11 is 0. The third-order valence-electron chi connectivity index (χ3n) is 5.94. The third kappa shape index (κ3) is 1.96. The smallest absolute Gasteiger partial charge is 0.0972 e. The zero-order chi connectivity index (χ0) is 13.4. The predicted molar refractivity (Wildman–Crippen MR) is 72.0 cm³/mol. The summed E-state index contributed by atoms with van der Waals surface area (Å²) in [5.41, 5.74) is 0.745. The van der Waals surface area contributed by atoms with E-state index in [2.05, 4.69) is 32.2 Å². The largest absolute Gasteiger partial charge is 0.378 e. The molecule has 0 aliphatic heterocycles. The Kier molecular flexibility index (Phi) is 3.71. The first-order valence-electron chi connectivity index (χ1n) is 7.14. The molecule has 0 aromatic rings. The highest BCUT2D eigenvalue weighted by molar-refractivity contribution is 5.11. The standard InChI is InChI=1S/C15H26N2O/c1-14(2)11-5-7-15(14,3)13(9-11)18-8-6-12(10-16)17-4/h11-13,17H,5-9H2,1-4H3. The summed E-state index contributed by atoms with van der Waals surface area (Å²) in [5.74, 6) is 0.823. The van der Waals surface area contributed by atoms with Gasteiger partial charge in [-0.25, -0.2) is 0 Å². The fraction of sp³-hybridized carbons (Fsp3) is 0.933. The molecule has 0 radical (unpaired) electrons. The minimum atomic E-state index is -0.0793. The second-order valence-electron chi connectivity index (χ2n) is 6.73. The second-order valence-corrected chi connectivity index (χ2v) is 6.73. The lowest BCUT2D eigenvalue weighted by molar-refractivity contribution is -0.0479. The highest BCUT2D eigenvalue weighted by Gasteiger charge is 2.61. The van der Waals surface area contributed by atoms with Crippen molar-refractivity contribution in [1.82, 2.24) is 5.32 Å². The fourth-order valence-electron chi connectivity index (χ4n) is 3.98. The van der Waals surface area contributed by atoms with Gasteiger partial charge in [-0.2, -0.15) is 5.26 Å². The van der Waals surface area contributed by atoms with Gasteiger partial charge in [0.1, 0.15) is 0 Å². The Balaban J connectivity index is 1.88. The zero-order valence-corrected chi connectivity index (χ0v) is 12.1. The number of hydrogen-bond donors (Lipinski definition) is 1. The minimum absolute atomic E-state index is 0.0793. The van der Waals surface area contributed by atoms with Gasteiger partial charge in [-0.1, -0.05) is 20.8 Å². The van der Waals surface area contributed by atoms with Crippen molar-refractivity contribution >= 4 is 0 Å². The first kappa shape index (κ1) is 13.8. The normalized spacial score (nSPS) is 38.6. The number of nitrogens with zero attached hydrogens (tertiary/aromatic N) is 1. The molecule has 2 aliphatic carbocycles. The van der Waals surface area contributed by atoms with Crippen LogP contribution in [0.5, 0.6) is 0 Å². The first-order valence-corrected chi connectivity index (χ1v) is 7.14. The van der Waals surface area contributed by atoms with E-state index in [0.717, 1.165) is 12.3 Å². The van der Waals surface area contributed by atoms with E-state index >= 15 is 0 Å². The molecule has 0 heterocycles. The van der Waals surface area contributed by atoms with E-state index in [0.29, 0.717) is 23.5 Å². The average Bonchev–Trinajstić information content (AvgIpc) is 2.67. The van der Waals surface area contributed by atoms with E-state index < -0.39 is 0 Å². The van der Waals surface area contributed by atoms with Gasteiger partial charge in [-0.15, -0.1) is 0 Å². The molecule has 0 aromatic carbocycles. The van der Waals surface area contributed by atoms with Crippen LogP contribution in [-0.4, -0.2) is 25.8 Å². The Morgan fingerprint density at radius 3 is 2.61 bits per heavy atom. The van der Waals surface area contributed by atoms with Crippen LogP contribution in [0.25, 0.3) is 0 Å². The van der Waals surface area contributed by atoms with E-state index in [1.165, 1.54) is 19.3 Å². The van der Waals surface area contributed by atoms with Crippen molar-refractivity contribution < 1.29 is 4.74 Å². The molecule has 2 saturated carbocycles. The molecular formula is C15H26N2O. The molecule has 3 nitrogen and oxygen atoms in total. The molecule has 2 rings (SSSR count). The molecule has 0 amide bonds. The molecule has 4 atom stereocenters. The summed E-state index contributed by atoms with van der Waals surface area (Å²) in [6, 6.07) is 2.17. The number of ether oxygens (including phenoxy) is 1. The van der Waals surface area contributed by atoms with Crippen molar-refractivity contribution in [3.63, 3.8) is 0 Å². The van der Waals surface area contributed by atoms with Crippen LogP contribution in [0.15, 0.2) is 0 Å². The van der Waals surface area contributed by atoms with Gasteiger partial charge < -0.3 is 10.1 Å². The van der Waals surface area contributed by atoms with Crippen LogP contribution in [0.3, 0.4) is 0 Å². The van der Waals surface area contributed by atoms with E-state index in [1.54, 1.807) is 0 Å². The SMILES string of the molecule is CNC(C#N)CCOC1CC2CCC1(C)C2(C)C. The summed E-state index contributed by atoms with van der Waals surface area (Å²) in [6.45, 7) is 7.89. The van der Waals surface area contributed by atoms with Gasteiger partial charge in [-0.05, 0) is 49.5 Å². The summed E-state index contributed by atoms with van der Waals surface area (Å²) in [7, 11) is 1.83. The predicted octanol–water partition coefficient (Wildman–Crippen LogP) is 2.72. The summed E-state index contributed by atoms with van der Waals surface area (Å²) in [5, 5.41) is 11.9. The van der Waals surface area contributed by atoms with Crippen LogP contribution >= 0.6 is 0 Å². The van der Waals surface area contributed by atoms with Gasteiger partial charge in [0, 0.05) is 6.61 Å². The van der Waals surface area contributed by atoms with Gasteiger partial charge >= 0.3 is 0 Å². The van der Waals surface area contributed by atoms with Crippen LogP contribution in [-0.2, 0) is 4.74 Å². The van der Waals surface area contributed by atoms with Crippen molar-refractivity contribution in [3.05, 3.63) is 0 Å². The molecule has 0 aromatic heterocycles. The topological polar surface area (TPSA) is 45.0 Å². The van der Waals surface area contributed by atoms with E-state index in [4.69, 9.17) is 10.00 Å². The van der Waals surface area contributed by atoms with E-state index in [1.807, 2.05) is 7.05 Å². The minimum Gasteiger partial charge on any atom is -0.378 e. The molecular weight excluding hydrogens is 224 g/mol. The third-order valence-corrected chi connectivity index (χ3v) is 5.94.